The zero-order valence-corrected chi connectivity index (χ0v) is 13.0. The summed E-state index contributed by atoms with van der Waals surface area (Å²) >= 11 is 0. The Balaban J connectivity index is 1.67. The fourth-order valence-corrected chi connectivity index (χ4v) is 3.81. The fourth-order valence-electron chi connectivity index (χ4n) is 3.81. The lowest BCUT2D eigenvalue weighted by molar-refractivity contribution is -0.0527. The maximum absolute atomic E-state index is 6.24. The molecule has 0 amide bonds. The second kappa shape index (κ2) is 5.50. The maximum Gasteiger partial charge on any atom is 0.0950 e. The Morgan fingerprint density at radius 3 is 2.75 bits per heavy atom. The molecule has 1 aromatic rings. The molecule has 1 saturated heterocycles. The van der Waals surface area contributed by atoms with Crippen molar-refractivity contribution in [3.05, 3.63) is 34.9 Å². The summed E-state index contributed by atoms with van der Waals surface area (Å²) in [6.07, 6.45) is 5.48. The number of benzene rings is 1. The van der Waals surface area contributed by atoms with Crippen LogP contribution in [0.1, 0.15) is 55.4 Å². The molecule has 3 atom stereocenters. The van der Waals surface area contributed by atoms with E-state index in [0.717, 1.165) is 19.1 Å². The molecule has 3 rings (SSSR count). The van der Waals surface area contributed by atoms with Crippen LogP contribution in [0.25, 0.3) is 0 Å². The highest BCUT2D eigenvalue weighted by molar-refractivity contribution is 5.31. The Labute approximate surface area is 122 Å². The van der Waals surface area contributed by atoms with E-state index < -0.39 is 0 Å². The van der Waals surface area contributed by atoms with Crippen molar-refractivity contribution in [3.63, 3.8) is 0 Å². The summed E-state index contributed by atoms with van der Waals surface area (Å²) in [5, 5.41) is 3.82. The van der Waals surface area contributed by atoms with Crippen LogP contribution in [0.4, 0.5) is 0 Å². The lowest BCUT2D eigenvalue weighted by Gasteiger charge is -2.45. The Kier molecular flexibility index (Phi) is 3.87. The van der Waals surface area contributed by atoms with E-state index in [1.54, 1.807) is 0 Å². The molecule has 1 aromatic carbocycles. The van der Waals surface area contributed by atoms with Crippen LogP contribution in [0, 0.1) is 19.8 Å². The molecule has 110 valence electrons. The van der Waals surface area contributed by atoms with Gasteiger partial charge in [-0.05, 0) is 49.3 Å². The summed E-state index contributed by atoms with van der Waals surface area (Å²) in [5.41, 5.74) is 4.29. The third kappa shape index (κ3) is 2.77. The highest BCUT2D eigenvalue weighted by Gasteiger charge is 2.39. The molecule has 0 aromatic heterocycles. The Bertz CT molecular complexity index is 474. The SMILES string of the molecule is Cc1ccc(C2CNC3(CCCC(C)C3)CO2)cc1C. The van der Waals surface area contributed by atoms with Crippen LogP contribution in [0.2, 0.25) is 0 Å². The fraction of sp³-hybridized carbons (Fsp3) is 0.667. The van der Waals surface area contributed by atoms with Gasteiger partial charge in [-0.2, -0.15) is 0 Å². The van der Waals surface area contributed by atoms with Crippen molar-refractivity contribution in [2.45, 2.75) is 58.1 Å². The minimum Gasteiger partial charge on any atom is -0.370 e. The van der Waals surface area contributed by atoms with Crippen molar-refractivity contribution < 1.29 is 4.74 Å². The van der Waals surface area contributed by atoms with E-state index in [1.165, 1.54) is 42.4 Å². The van der Waals surface area contributed by atoms with Crippen LogP contribution in [0.15, 0.2) is 18.2 Å². The van der Waals surface area contributed by atoms with E-state index in [-0.39, 0.29) is 11.6 Å². The molecule has 2 fully saturated rings. The molecule has 2 heteroatoms. The molecular weight excluding hydrogens is 246 g/mol. The van der Waals surface area contributed by atoms with Gasteiger partial charge in [0.2, 0.25) is 0 Å². The van der Waals surface area contributed by atoms with Crippen molar-refractivity contribution in [1.29, 1.82) is 0 Å². The summed E-state index contributed by atoms with van der Waals surface area (Å²) in [5.74, 6) is 0.831. The smallest absolute Gasteiger partial charge is 0.0950 e. The monoisotopic (exact) mass is 273 g/mol. The van der Waals surface area contributed by atoms with Crippen LogP contribution in [0.3, 0.4) is 0 Å². The molecule has 1 heterocycles. The average molecular weight is 273 g/mol. The van der Waals surface area contributed by atoms with Gasteiger partial charge in [-0.15, -0.1) is 0 Å². The first-order valence-electron chi connectivity index (χ1n) is 8.02. The highest BCUT2D eigenvalue weighted by atomic mass is 16.5. The molecule has 1 spiro atoms. The quantitative estimate of drug-likeness (QED) is 0.837. The summed E-state index contributed by atoms with van der Waals surface area (Å²) in [4.78, 5) is 0. The van der Waals surface area contributed by atoms with Crippen LogP contribution in [-0.4, -0.2) is 18.7 Å². The topological polar surface area (TPSA) is 21.3 Å². The first-order chi connectivity index (χ1) is 9.58. The summed E-state index contributed by atoms with van der Waals surface area (Å²) in [6.45, 7) is 8.54. The van der Waals surface area contributed by atoms with Crippen molar-refractivity contribution >= 4 is 0 Å². The molecular formula is C18H27NO. The van der Waals surface area contributed by atoms with Gasteiger partial charge in [0.15, 0.2) is 0 Å². The lowest BCUT2D eigenvalue weighted by atomic mass is 9.76. The minimum atomic E-state index is 0.220. The second-order valence-corrected chi connectivity index (χ2v) is 7.01. The van der Waals surface area contributed by atoms with Gasteiger partial charge in [-0.3, -0.25) is 0 Å². The number of ether oxygens (including phenoxy) is 1. The molecule has 1 aliphatic carbocycles. The number of morpholine rings is 1. The number of nitrogens with one attached hydrogen (secondary N) is 1. The molecule has 0 radical (unpaired) electrons. The maximum atomic E-state index is 6.24. The zero-order chi connectivity index (χ0) is 14.2. The van der Waals surface area contributed by atoms with Gasteiger partial charge in [0.1, 0.15) is 0 Å². The molecule has 0 bridgehead atoms. The Morgan fingerprint density at radius 2 is 2.10 bits per heavy atom. The van der Waals surface area contributed by atoms with E-state index in [9.17, 15) is 0 Å². The number of rotatable bonds is 1. The summed E-state index contributed by atoms with van der Waals surface area (Å²) < 4.78 is 6.24. The van der Waals surface area contributed by atoms with E-state index in [2.05, 4.69) is 44.3 Å². The van der Waals surface area contributed by atoms with Gasteiger partial charge < -0.3 is 10.1 Å². The Morgan fingerprint density at radius 1 is 1.25 bits per heavy atom. The van der Waals surface area contributed by atoms with Crippen LogP contribution in [-0.2, 0) is 4.74 Å². The van der Waals surface area contributed by atoms with Gasteiger partial charge in [-0.1, -0.05) is 38.0 Å². The molecule has 3 unspecified atom stereocenters. The molecule has 20 heavy (non-hydrogen) atoms. The van der Waals surface area contributed by atoms with Crippen molar-refractivity contribution in [2.75, 3.05) is 13.2 Å². The third-order valence-electron chi connectivity index (χ3n) is 5.22. The third-order valence-corrected chi connectivity index (χ3v) is 5.22. The predicted octanol–water partition coefficient (Wildman–Crippen LogP) is 3.91. The highest BCUT2D eigenvalue weighted by Crippen LogP contribution is 2.36. The Hall–Kier alpha value is -0.860. The first kappa shape index (κ1) is 14.1. The van der Waals surface area contributed by atoms with Crippen LogP contribution >= 0.6 is 0 Å². The van der Waals surface area contributed by atoms with Gasteiger partial charge in [0.05, 0.1) is 12.7 Å². The van der Waals surface area contributed by atoms with Crippen molar-refractivity contribution in [2.24, 2.45) is 5.92 Å². The van der Waals surface area contributed by atoms with E-state index >= 15 is 0 Å². The lowest BCUT2D eigenvalue weighted by Crippen LogP contribution is -2.57. The zero-order valence-electron chi connectivity index (χ0n) is 13.0. The number of hydrogen-bond donors (Lipinski definition) is 1. The number of aryl methyl sites for hydroxylation is 2. The van der Waals surface area contributed by atoms with Crippen LogP contribution < -0.4 is 5.32 Å². The normalized spacial score (nSPS) is 34.4. The van der Waals surface area contributed by atoms with E-state index in [1.807, 2.05) is 0 Å². The second-order valence-electron chi connectivity index (χ2n) is 7.01. The average Bonchev–Trinajstić information content (AvgIpc) is 2.43. The standard InChI is InChI=1S/C18H27NO/c1-13-5-4-8-18(10-13)12-20-17(11-19-18)16-7-6-14(2)15(3)9-16/h6-7,9,13,17,19H,4-5,8,10-12H2,1-3H3. The predicted molar refractivity (Wildman–Crippen MR) is 83.0 cm³/mol. The van der Waals surface area contributed by atoms with E-state index in [0.29, 0.717) is 0 Å². The van der Waals surface area contributed by atoms with Gasteiger partial charge in [0.25, 0.3) is 0 Å². The first-order valence-corrected chi connectivity index (χ1v) is 8.02. The minimum absolute atomic E-state index is 0.220. The largest absolute Gasteiger partial charge is 0.370 e. The van der Waals surface area contributed by atoms with Gasteiger partial charge in [-0.25, -0.2) is 0 Å². The molecule has 1 N–H and O–H groups in total. The molecule has 2 nitrogen and oxygen atoms in total. The van der Waals surface area contributed by atoms with Gasteiger partial charge >= 0.3 is 0 Å². The van der Waals surface area contributed by atoms with Crippen LogP contribution in [0.5, 0.6) is 0 Å². The number of hydrogen-bond acceptors (Lipinski definition) is 2. The summed E-state index contributed by atoms with van der Waals surface area (Å²) in [6, 6.07) is 6.71. The van der Waals surface area contributed by atoms with E-state index in [4.69, 9.17) is 4.74 Å². The molecule has 2 aliphatic rings. The van der Waals surface area contributed by atoms with Crippen molar-refractivity contribution in [1.82, 2.24) is 5.32 Å². The van der Waals surface area contributed by atoms with Gasteiger partial charge in [0, 0.05) is 12.1 Å². The molecule has 1 saturated carbocycles. The summed E-state index contributed by atoms with van der Waals surface area (Å²) in [7, 11) is 0. The van der Waals surface area contributed by atoms with Crippen molar-refractivity contribution in [3.8, 4) is 0 Å². The molecule has 1 aliphatic heterocycles.